The van der Waals surface area contributed by atoms with Gasteiger partial charge in [0.05, 0.1) is 6.61 Å². The summed E-state index contributed by atoms with van der Waals surface area (Å²) in [4.78, 5) is 27.4. The summed E-state index contributed by atoms with van der Waals surface area (Å²) in [6.07, 6.45) is -0.493. The fourth-order valence-corrected chi connectivity index (χ4v) is 3.58. The van der Waals surface area contributed by atoms with E-state index in [1.165, 1.54) is 36.4 Å². The topological polar surface area (TPSA) is 70.7 Å². The second kappa shape index (κ2) is 9.15. The van der Waals surface area contributed by atoms with Gasteiger partial charge in [0.2, 0.25) is 0 Å². The van der Waals surface area contributed by atoms with Crippen LogP contribution in [0, 0.1) is 11.6 Å². The van der Waals surface area contributed by atoms with Crippen LogP contribution in [0.3, 0.4) is 0 Å². The Morgan fingerprint density at radius 2 is 1.59 bits per heavy atom. The van der Waals surface area contributed by atoms with Crippen molar-refractivity contribution in [2.45, 2.75) is 6.17 Å². The summed E-state index contributed by atoms with van der Waals surface area (Å²) >= 11 is 0. The molecule has 0 saturated heterocycles. The van der Waals surface area contributed by atoms with Crippen LogP contribution in [0.5, 0.6) is 0 Å². The van der Waals surface area contributed by atoms with Crippen LogP contribution in [0.25, 0.3) is 0 Å². The van der Waals surface area contributed by atoms with Crippen molar-refractivity contribution in [3.05, 3.63) is 95.1 Å². The number of carbonyl (C=O) groups excluding carboxylic acids is 2. The van der Waals surface area contributed by atoms with E-state index in [1.807, 2.05) is 0 Å². The van der Waals surface area contributed by atoms with Crippen molar-refractivity contribution in [2.24, 2.45) is 0 Å². The summed E-state index contributed by atoms with van der Waals surface area (Å²) < 4.78 is 31.5. The van der Waals surface area contributed by atoms with Crippen LogP contribution in [-0.4, -0.2) is 37.0 Å². The predicted molar refractivity (Wildman–Crippen MR) is 116 cm³/mol. The first-order valence-electron chi connectivity index (χ1n) is 9.99. The van der Waals surface area contributed by atoms with Crippen LogP contribution < -0.4 is 10.6 Å². The van der Waals surface area contributed by atoms with Crippen LogP contribution in [0.15, 0.2) is 66.7 Å². The number of rotatable bonds is 7. The first-order valence-corrected chi connectivity index (χ1v) is 9.99. The maximum atomic E-state index is 13.3. The molecule has 0 spiro atoms. The Balaban J connectivity index is 1.61. The minimum atomic E-state index is -0.493. The zero-order chi connectivity index (χ0) is 22.7. The number of fused-ring (bicyclic) bond motifs is 1. The van der Waals surface area contributed by atoms with Crippen molar-refractivity contribution in [3.8, 4) is 0 Å². The molecule has 0 aromatic heterocycles. The summed E-state index contributed by atoms with van der Waals surface area (Å²) in [5, 5.41) is 5.95. The van der Waals surface area contributed by atoms with E-state index in [0.717, 1.165) is 0 Å². The van der Waals surface area contributed by atoms with Crippen molar-refractivity contribution >= 4 is 23.2 Å². The average molecular weight is 437 g/mol. The molecule has 164 valence electrons. The molecule has 2 N–H and O–H groups in total. The number of nitrogens with one attached hydrogen (secondary N) is 2. The van der Waals surface area contributed by atoms with Gasteiger partial charge in [-0.2, -0.15) is 0 Å². The van der Waals surface area contributed by atoms with E-state index in [9.17, 15) is 18.4 Å². The molecule has 0 aliphatic carbocycles. The summed E-state index contributed by atoms with van der Waals surface area (Å²) in [6, 6.07) is 16.2. The highest BCUT2D eigenvalue weighted by Crippen LogP contribution is 2.35. The van der Waals surface area contributed by atoms with E-state index in [0.29, 0.717) is 41.2 Å². The number of benzene rings is 3. The fraction of sp³-hybridized carbons (Fsp3) is 0.167. The molecule has 1 heterocycles. The van der Waals surface area contributed by atoms with Gasteiger partial charge in [0.15, 0.2) is 0 Å². The Labute approximate surface area is 183 Å². The van der Waals surface area contributed by atoms with Crippen LogP contribution in [0.1, 0.15) is 32.4 Å². The number of halogens is 2. The molecule has 0 saturated carbocycles. The highest BCUT2D eigenvalue weighted by molar-refractivity contribution is 6.07. The average Bonchev–Trinajstić information content (AvgIpc) is 3.05. The molecule has 3 aromatic carbocycles. The van der Waals surface area contributed by atoms with Crippen molar-refractivity contribution in [3.63, 3.8) is 0 Å². The summed E-state index contributed by atoms with van der Waals surface area (Å²) in [5.41, 5.74) is 2.50. The number of hydrogen-bond acceptors (Lipinski definition) is 4. The lowest BCUT2D eigenvalue weighted by molar-refractivity contribution is 0.0674. The van der Waals surface area contributed by atoms with Crippen molar-refractivity contribution in [2.75, 3.05) is 30.9 Å². The molecule has 3 aromatic rings. The molecule has 1 unspecified atom stereocenters. The number of ether oxygens (including phenoxy) is 1. The quantitative estimate of drug-likeness (QED) is 0.574. The van der Waals surface area contributed by atoms with Gasteiger partial charge in [-0.25, -0.2) is 8.78 Å². The first kappa shape index (κ1) is 21.5. The van der Waals surface area contributed by atoms with E-state index in [-0.39, 0.29) is 11.7 Å². The van der Waals surface area contributed by atoms with Gasteiger partial charge in [-0.15, -0.1) is 0 Å². The van der Waals surface area contributed by atoms with Crippen molar-refractivity contribution < 1.29 is 23.1 Å². The molecular weight excluding hydrogens is 416 g/mol. The molecule has 1 aliphatic heterocycles. The largest absolute Gasteiger partial charge is 0.383 e. The molecule has 1 aliphatic rings. The number of amides is 2. The molecule has 8 heteroatoms. The zero-order valence-corrected chi connectivity index (χ0v) is 17.3. The number of carbonyl (C=O) groups is 2. The summed E-state index contributed by atoms with van der Waals surface area (Å²) in [6.45, 7) is 0.666. The molecule has 32 heavy (non-hydrogen) atoms. The lowest BCUT2D eigenvalue weighted by Crippen LogP contribution is -2.34. The molecule has 0 radical (unpaired) electrons. The van der Waals surface area contributed by atoms with Gasteiger partial charge in [0, 0.05) is 41.7 Å². The summed E-state index contributed by atoms with van der Waals surface area (Å²) in [7, 11) is 1.55. The first-order chi connectivity index (χ1) is 15.5. The molecule has 0 fully saturated rings. The predicted octanol–water partition coefficient (Wildman–Crippen LogP) is 4.43. The highest BCUT2D eigenvalue weighted by Gasteiger charge is 2.37. The van der Waals surface area contributed by atoms with Crippen molar-refractivity contribution in [1.29, 1.82) is 0 Å². The lowest BCUT2D eigenvalue weighted by Gasteiger charge is -2.26. The van der Waals surface area contributed by atoms with Gasteiger partial charge in [-0.1, -0.05) is 6.07 Å². The second-order valence-corrected chi connectivity index (χ2v) is 7.31. The summed E-state index contributed by atoms with van der Waals surface area (Å²) in [5.74, 6) is -1.41. The Bertz CT molecular complexity index is 1130. The van der Waals surface area contributed by atoms with Crippen LogP contribution in [0.4, 0.5) is 20.2 Å². The van der Waals surface area contributed by atoms with E-state index in [4.69, 9.17) is 4.74 Å². The third-order valence-corrected chi connectivity index (χ3v) is 5.20. The van der Waals surface area contributed by atoms with Gasteiger partial charge >= 0.3 is 0 Å². The van der Waals surface area contributed by atoms with E-state index in [2.05, 4.69) is 10.6 Å². The Morgan fingerprint density at radius 3 is 2.22 bits per heavy atom. The standard InChI is InChI=1S/C24H21F2N3O3/c1-32-13-12-29-22(27-18-7-3-16(25)4-8-18)20-11-2-15(14-21(20)24(29)31)23(30)28-19-9-5-17(26)6-10-19/h2-11,14,22,27H,12-13H2,1H3,(H,28,30). The van der Waals surface area contributed by atoms with E-state index < -0.39 is 17.9 Å². The maximum absolute atomic E-state index is 13.3. The monoisotopic (exact) mass is 437 g/mol. The normalized spacial score (nSPS) is 14.9. The Kier molecular flexibility index (Phi) is 6.13. The molecule has 2 amide bonds. The lowest BCUT2D eigenvalue weighted by atomic mass is 10.0. The molecular formula is C24H21F2N3O3. The number of methoxy groups -OCH3 is 1. The number of hydrogen-bond donors (Lipinski definition) is 2. The van der Waals surface area contributed by atoms with Crippen LogP contribution in [0.2, 0.25) is 0 Å². The Hall–Kier alpha value is -3.78. The third kappa shape index (κ3) is 4.45. The number of nitrogens with zero attached hydrogens (tertiary/aromatic N) is 1. The minimum Gasteiger partial charge on any atom is -0.383 e. The van der Waals surface area contributed by atoms with Gasteiger partial charge in [0.1, 0.15) is 17.8 Å². The minimum absolute atomic E-state index is 0.243. The third-order valence-electron chi connectivity index (χ3n) is 5.20. The molecule has 4 rings (SSSR count). The molecule has 1 atom stereocenters. The fourth-order valence-electron chi connectivity index (χ4n) is 3.58. The van der Waals surface area contributed by atoms with E-state index in [1.54, 1.807) is 42.3 Å². The zero-order valence-electron chi connectivity index (χ0n) is 17.3. The van der Waals surface area contributed by atoms with Crippen LogP contribution >= 0.6 is 0 Å². The maximum Gasteiger partial charge on any atom is 0.256 e. The second-order valence-electron chi connectivity index (χ2n) is 7.31. The highest BCUT2D eigenvalue weighted by atomic mass is 19.1. The van der Waals surface area contributed by atoms with Gasteiger partial charge in [-0.05, 0) is 60.7 Å². The molecule has 0 bridgehead atoms. The SMILES string of the molecule is COCCN1C(=O)c2cc(C(=O)Nc3ccc(F)cc3)ccc2C1Nc1ccc(F)cc1. The van der Waals surface area contributed by atoms with E-state index >= 15 is 0 Å². The smallest absolute Gasteiger partial charge is 0.256 e. The van der Waals surface area contributed by atoms with Crippen LogP contribution in [-0.2, 0) is 4.74 Å². The van der Waals surface area contributed by atoms with Gasteiger partial charge in [0.25, 0.3) is 11.8 Å². The Morgan fingerprint density at radius 1 is 0.969 bits per heavy atom. The number of anilines is 2. The van der Waals surface area contributed by atoms with Gasteiger partial charge in [-0.3, -0.25) is 9.59 Å². The van der Waals surface area contributed by atoms with Gasteiger partial charge < -0.3 is 20.3 Å². The van der Waals surface area contributed by atoms with Crippen molar-refractivity contribution in [1.82, 2.24) is 4.90 Å². The molecule has 6 nitrogen and oxygen atoms in total.